The molecule has 0 N–H and O–H groups in total. The lowest BCUT2D eigenvalue weighted by atomic mass is 10.0. The highest BCUT2D eigenvalue weighted by molar-refractivity contribution is 5.87. The summed E-state index contributed by atoms with van der Waals surface area (Å²) in [6.45, 7) is 7.79. The standard InChI is InChI=1S/C11H17NO/c1-4-5-11(13)12-7-6-9(2)10(3)8-12/h4-5H,6-8H2,1-3H3/b5-4+. The number of nitrogens with zero attached hydrogens (tertiary/aromatic N) is 1. The van der Waals surface area contributed by atoms with Crippen LogP contribution < -0.4 is 0 Å². The van der Waals surface area contributed by atoms with Gasteiger partial charge in [0.2, 0.25) is 5.91 Å². The third-order valence-electron chi connectivity index (χ3n) is 2.53. The van der Waals surface area contributed by atoms with E-state index in [4.69, 9.17) is 0 Å². The van der Waals surface area contributed by atoms with Gasteiger partial charge in [-0.05, 0) is 33.3 Å². The second-order valence-electron chi connectivity index (χ2n) is 3.57. The summed E-state index contributed by atoms with van der Waals surface area (Å²) in [5, 5.41) is 0. The van der Waals surface area contributed by atoms with Gasteiger partial charge in [-0.2, -0.15) is 0 Å². The molecule has 0 aromatic rings. The average Bonchev–Trinajstić information content (AvgIpc) is 2.10. The van der Waals surface area contributed by atoms with E-state index in [-0.39, 0.29) is 5.91 Å². The van der Waals surface area contributed by atoms with Gasteiger partial charge in [-0.1, -0.05) is 17.2 Å². The van der Waals surface area contributed by atoms with Gasteiger partial charge in [-0.3, -0.25) is 4.79 Å². The summed E-state index contributed by atoms with van der Waals surface area (Å²) < 4.78 is 0. The minimum atomic E-state index is 0.134. The van der Waals surface area contributed by atoms with Crippen molar-refractivity contribution in [2.45, 2.75) is 27.2 Å². The largest absolute Gasteiger partial charge is 0.335 e. The van der Waals surface area contributed by atoms with Crippen LogP contribution in [-0.4, -0.2) is 23.9 Å². The molecule has 0 aliphatic carbocycles. The van der Waals surface area contributed by atoms with Crippen molar-refractivity contribution in [3.8, 4) is 0 Å². The second kappa shape index (κ2) is 4.26. The zero-order valence-corrected chi connectivity index (χ0v) is 8.63. The van der Waals surface area contributed by atoms with Crippen LogP contribution >= 0.6 is 0 Å². The lowest BCUT2D eigenvalue weighted by Gasteiger charge is -2.27. The van der Waals surface area contributed by atoms with Gasteiger partial charge in [0.1, 0.15) is 0 Å². The molecule has 0 atom stereocenters. The molecular weight excluding hydrogens is 162 g/mol. The van der Waals surface area contributed by atoms with E-state index in [9.17, 15) is 4.79 Å². The number of rotatable bonds is 1. The molecule has 1 aliphatic heterocycles. The van der Waals surface area contributed by atoms with Gasteiger partial charge >= 0.3 is 0 Å². The number of hydrogen-bond acceptors (Lipinski definition) is 1. The van der Waals surface area contributed by atoms with Gasteiger partial charge < -0.3 is 4.90 Å². The van der Waals surface area contributed by atoms with E-state index in [0.717, 1.165) is 19.5 Å². The molecule has 2 nitrogen and oxygen atoms in total. The van der Waals surface area contributed by atoms with Crippen molar-refractivity contribution in [3.63, 3.8) is 0 Å². The summed E-state index contributed by atoms with van der Waals surface area (Å²) in [5.41, 5.74) is 2.77. The normalized spacial score (nSPS) is 18.5. The smallest absolute Gasteiger partial charge is 0.246 e. The predicted octanol–water partition coefficient (Wildman–Crippen LogP) is 2.13. The zero-order valence-electron chi connectivity index (χ0n) is 8.63. The van der Waals surface area contributed by atoms with Crippen molar-refractivity contribution in [3.05, 3.63) is 23.3 Å². The summed E-state index contributed by atoms with van der Waals surface area (Å²) in [6.07, 6.45) is 4.45. The molecule has 72 valence electrons. The Morgan fingerprint density at radius 2 is 2.08 bits per heavy atom. The second-order valence-corrected chi connectivity index (χ2v) is 3.57. The molecule has 1 heterocycles. The first-order valence-corrected chi connectivity index (χ1v) is 4.72. The zero-order chi connectivity index (χ0) is 9.84. The third kappa shape index (κ3) is 2.44. The van der Waals surface area contributed by atoms with Crippen LogP contribution in [0.3, 0.4) is 0 Å². The molecular formula is C11H17NO. The summed E-state index contributed by atoms with van der Waals surface area (Å²) in [6, 6.07) is 0. The van der Waals surface area contributed by atoms with E-state index in [1.165, 1.54) is 11.1 Å². The fourth-order valence-corrected chi connectivity index (χ4v) is 1.45. The Hall–Kier alpha value is -1.05. The Bertz CT molecular complexity index is 263. The highest BCUT2D eigenvalue weighted by Crippen LogP contribution is 2.16. The topological polar surface area (TPSA) is 20.3 Å². The van der Waals surface area contributed by atoms with Crippen LogP contribution in [-0.2, 0) is 4.79 Å². The van der Waals surface area contributed by atoms with E-state index >= 15 is 0 Å². The molecule has 0 unspecified atom stereocenters. The third-order valence-corrected chi connectivity index (χ3v) is 2.53. The van der Waals surface area contributed by atoms with Crippen molar-refractivity contribution >= 4 is 5.91 Å². The van der Waals surface area contributed by atoms with E-state index in [1.54, 1.807) is 12.2 Å². The maximum atomic E-state index is 11.5. The summed E-state index contributed by atoms with van der Waals surface area (Å²) in [5.74, 6) is 0.134. The summed E-state index contributed by atoms with van der Waals surface area (Å²) in [4.78, 5) is 13.4. The van der Waals surface area contributed by atoms with Crippen molar-refractivity contribution in [2.24, 2.45) is 0 Å². The van der Waals surface area contributed by atoms with Gasteiger partial charge in [-0.15, -0.1) is 0 Å². The Balaban J connectivity index is 2.63. The summed E-state index contributed by atoms with van der Waals surface area (Å²) in [7, 11) is 0. The van der Waals surface area contributed by atoms with E-state index < -0.39 is 0 Å². The van der Waals surface area contributed by atoms with Crippen LogP contribution in [0.15, 0.2) is 23.3 Å². The molecule has 13 heavy (non-hydrogen) atoms. The SMILES string of the molecule is C/C=C/C(=O)N1CCC(C)=C(C)C1. The minimum absolute atomic E-state index is 0.134. The van der Waals surface area contributed by atoms with Gasteiger partial charge in [0.05, 0.1) is 0 Å². The van der Waals surface area contributed by atoms with Crippen molar-refractivity contribution in [2.75, 3.05) is 13.1 Å². The average molecular weight is 179 g/mol. The maximum absolute atomic E-state index is 11.5. The molecule has 0 fully saturated rings. The Labute approximate surface area is 79.9 Å². The van der Waals surface area contributed by atoms with Gasteiger partial charge in [-0.25, -0.2) is 0 Å². The van der Waals surface area contributed by atoms with Crippen LogP contribution in [0.5, 0.6) is 0 Å². The lowest BCUT2D eigenvalue weighted by Crippen LogP contribution is -2.35. The van der Waals surface area contributed by atoms with Crippen molar-refractivity contribution in [1.82, 2.24) is 4.90 Å². The number of amides is 1. The van der Waals surface area contributed by atoms with E-state index in [2.05, 4.69) is 13.8 Å². The molecule has 0 aromatic heterocycles. The van der Waals surface area contributed by atoms with Crippen LogP contribution in [0.2, 0.25) is 0 Å². The number of carbonyl (C=O) groups is 1. The Morgan fingerprint density at radius 1 is 1.38 bits per heavy atom. The molecule has 0 radical (unpaired) electrons. The molecule has 2 heteroatoms. The Morgan fingerprint density at radius 3 is 2.62 bits per heavy atom. The monoisotopic (exact) mass is 179 g/mol. The lowest BCUT2D eigenvalue weighted by molar-refractivity contribution is -0.125. The predicted molar refractivity (Wildman–Crippen MR) is 54.4 cm³/mol. The van der Waals surface area contributed by atoms with Gasteiger partial charge in [0, 0.05) is 13.1 Å². The molecule has 0 saturated heterocycles. The van der Waals surface area contributed by atoms with Crippen LogP contribution in [0, 0.1) is 0 Å². The van der Waals surface area contributed by atoms with Gasteiger partial charge in [0.15, 0.2) is 0 Å². The van der Waals surface area contributed by atoms with E-state index in [1.807, 2.05) is 11.8 Å². The molecule has 1 rings (SSSR count). The molecule has 1 amide bonds. The molecule has 1 aliphatic rings. The number of allylic oxidation sites excluding steroid dienone is 1. The van der Waals surface area contributed by atoms with Crippen molar-refractivity contribution < 1.29 is 4.79 Å². The van der Waals surface area contributed by atoms with E-state index in [0.29, 0.717) is 0 Å². The number of carbonyl (C=O) groups excluding carboxylic acids is 1. The molecule has 0 spiro atoms. The summed E-state index contributed by atoms with van der Waals surface area (Å²) >= 11 is 0. The van der Waals surface area contributed by atoms with Crippen LogP contribution in [0.4, 0.5) is 0 Å². The minimum Gasteiger partial charge on any atom is -0.335 e. The molecule has 0 bridgehead atoms. The first-order chi connectivity index (χ1) is 6.15. The maximum Gasteiger partial charge on any atom is 0.246 e. The van der Waals surface area contributed by atoms with Crippen molar-refractivity contribution in [1.29, 1.82) is 0 Å². The fourth-order valence-electron chi connectivity index (χ4n) is 1.45. The van der Waals surface area contributed by atoms with Crippen LogP contribution in [0.1, 0.15) is 27.2 Å². The highest BCUT2D eigenvalue weighted by atomic mass is 16.2. The highest BCUT2D eigenvalue weighted by Gasteiger charge is 2.16. The van der Waals surface area contributed by atoms with Crippen LogP contribution in [0.25, 0.3) is 0 Å². The fraction of sp³-hybridized carbons (Fsp3) is 0.545. The quantitative estimate of drug-likeness (QED) is 0.446. The molecule has 0 aromatic carbocycles. The Kier molecular flexibility index (Phi) is 3.29. The molecule has 0 saturated carbocycles. The number of hydrogen-bond donors (Lipinski definition) is 0. The first kappa shape index (κ1) is 10.0. The van der Waals surface area contributed by atoms with Gasteiger partial charge in [0.25, 0.3) is 0 Å². The first-order valence-electron chi connectivity index (χ1n) is 4.72.